The number of carboxylic acids is 1. The minimum absolute atomic E-state index is 0.0499. The first-order valence-corrected chi connectivity index (χ1v) is 9.41. The fraction of sp³-hybridized carbons (Fsp3) is 0.0833. The van der Waals surface area contributed by atoms with E-state index in [4.69, 9.17) is 4.74 Å². The summed E-state index contributed by atoms with van der Waals surface area (Å²) in [6.07, 6.45) is 4.16. The van der Waals surface area contributed by atoms with E-state index in [1.165, 1.54) is 18.2 Å². The van der Waals surface area contributed by atoms with Crippen molar-refractivity contribution in [2.24, 2.45) is 0 Å². The van der Waals surface area contributed by atoms with Crippen LogP contribution >= 0.6 is 0 Å². The van der Waals surface area contributed by atoms with E-state index in [9.17, 15) is 24.8 Å². The molecule has 0 saturated heterocycles. The minimum atomic E-state index is -1.19. The van der Waals surface area contributed by atoms with E-state index in [2.05, 4.69) is 0 Å². The molecule has 0 atom stereocenters. The summed E-state index contributed by atoms with van der Waals surface area (Å²) in [5, 5.41) is 20.4. The Hall–Kier alpha value is -4.26. The molecule has 156 valence electrons. The molecular weight excluding hydrogens is 398 g/mol. The van der Waals surface area contributed by atoms with E-state index >= 15 is 0 Å². The third-order valence-electron chi connectivity index (χ3n) is 4.63. The van der Waals surface area contributed by atoms with Crippen LogP contribution in [0, 0.1) is 10.1 Å². The maximum atomic E-state index is 11.5. The summed E-state index contributed by atoms with van der Waals surface area (Å²) in [7, 11) is 0. The van der Waals surface area contributed by atoms with Crippen LogP contribution in [0.1, 0.15) is 37.4 Å². The Balaban J connectivity index is 1.86. The molecule has 3 aromatic rings. The van der Waals surface area contributed by atoms with E-state index in [0.29, 0.717) is 23.5 Å². The number of allylic oxidation sites excluding steroid dienone is 1. The quantitative estimate of drug-likeness (QED) is 0.300. The number of hydrogen-bond donors (Lipinski definition) is 1. The zero-order valence-corrected chi connectivity index (χ0v) is 16.4. The fourth-order valence-corrected chi connectivity index (χ4v) is 3.08. The summed E-state index contributed by atoms with van der Waals surface area (Å²) >= 11 is 0. The average Bonchev–Trinajstić information content (AvgIpc) is 2.78. The highest BCUT2D eigenvalue weighted by Gasteiger charge is 2.14. The Kier molecular flexibility index (Phi) is 6.90. The molecule has 0 heterocycles. The van der Waals surface area contributed by atoms with Crippen molar-refractivity contribution in [2.45, 2.75) is 13.0 Å². The molecule has 31 heavy (non-hydrogen) atoms. The maximum absolute atomic E-state index is 11.5. The average molecular weight is 417 g/mol. The Labute approximate surface area is 178 Å². The van der Waals surface area contributed by atoms with Gasteiger partial charge in [-0.1, -0.05) is 54.6 Å². The summed E-state index contributed by atoms with van der Waals surface area (Å²) in [4.78, 5) is 33.4. The summed E-state index contributed by atoms with van der Waals surface area (Å²) < 4.78 is 5.90. The molecule has 0 saturated carbocycles. The molecule has 0 bridgehead atoms. The van der Waals surface area contributed by atoms with Crippen molar-refractivity contribution in [1.82, 2.24) is 0 Å². The van der Waals surface area contributed by atoms with Crippen LogP contribution in [0.2, 0.25) is 0 Å². The molecule has 3 rings (SSSR count). The molecule has 1 N–H and O–H groups in total. The second-order valence-corrected chi connectivity index (χ2v) is 6.66. The smallest absolute Gasteiger partial charge is 0.336 e. The summed E-state index contributed by atoms with van der Waals surface area (Å²) in [5.74, 6) is -0.648. The monoisotopic (exact) mass is 417 g/mol. The number of nitro benzene ring substituents is 1. The number of carbonyl (C=O) groups excluding carboxylic acids is 1. The van der Waals surface area contributed by atoms with Gasteiger partial charge in [0.2, 0.25) is 0 Å². The van der Waals surface area contributed by atoms with Crippen molar-refractivity contribution in [3.8, 4) is 5.75 Å². The van der Waals surface area contributed by atoms with Crippen LogP contribution < -0.4 is 4.74 Å². The number of aromatic carboxylic acids is 1. The lowest BCUT2D eigenvalue weighted by molar-refractivity contribution is -0.384. The number of ether oxygens (including phenoxy) is 1. The molecule has 0 aromatic heterocycles. The number of non-ortho nitro benzene ring substituents is 1. The molecule has 0 aliphatic rings. The van der Waals surface area contributed by atoms with Gasteiger partial charge in [0.25, 0.3) is 5.69 Å². The lowest BCUT2D eigenvalue weighted by atomic mass is 10.0. The highest BCUT2D eigenvalue weighted by Crippen LogP contribution is 2.25. The van der Waals surface area contributed by atoms with Gasteiger partial charge in [0, 0.05) is 23.3 Å². The number of aldehydes is 1. The lowest BCUT2D eigenvalue weighted by Crippen LogP contribution is -2.02. The van der Waals surface area contributed by atoms with E-state index in [0.717, 1.165) is 17.9 Å². The molecule has 0 unspecified atom stereocenters. The van der Waals surface area contributed by atoms with Crippen LogP contribution in [0.5, 0.6) is 5.75 Å². The van der Waals surface area contributed by atoms with Gasteiger partial charge in [0.05, 0.1) is 10.5 Å². The second-order valence-electron chi connectivity index (χ2n) is 6.66. The Bertz CT molecular complexity index is 1140. The third kappa shape index (κ3) is 5.42. The highest BCUT2D eigenvalue weighted by atomic mass is 16.6. The van der Waals surface area contributed by atoms with Crippen LogP contribution in [0.15, 0.2) is 72.8 Å². The third-order valence-corrected chi connectivity index (χ3v) is 4.63. The van der Waals surface area contributed by atoms with Crippen molar-refractivity contribution in [3.63, 3.8) is 0 Å². The van der Waals surface area contributed by atoms with Gasteiger partial charge in [-0.05, 0) is 29.7 Å². The molecule has 0 radical (unpaired) electrons. The summed E-state index contributed by atoms with van der Waals surface area (Å²) in [5.41, 5.74) is 2.02. The Morgan fingerprint density at radius 3 is 2.48 bits per heavy atom. The van der Waals surface area contributed by atoms with E-state index < -0.39 is 10.9 Å². The predicted octanol–water partition coefficient (Wildman–Crippen LogP) is 4.94. The van der Waals surface area contributed by atoms with E-state index in [1.807, 2.05) is 30.3 Å². The van der Waals surface area contributed by atoms with Crippen molar-refractivity contribution in [1.29, 1.82) is 0 Å². The van der Waals surface area contributed by atoms with E-state index in [1.54, 1.807) is 24.3 Å². The fourth-order valence-electron chi connectivity index (χ4n) is 3.08. The zero-order valence-electron chi connectivity index (χ0n) is 16.4. The van der Waals surface area contributed by atoms with Crippen molar-refractivity contribution >= 4 is 24.0 Å². The minimum Gasteiger partial charge on any atom is -0.489 e. The number of benzene rings is 3. The number of rotatable bonds is 9. The number of nitro groups is 1. The lowest BCUT2D eigenvalue weighted by Gasteiger charge is -2.12. The predicted molar refractivity (Wildman–Crippen MR) is 115 cm³/mol. The molecule has 0 aliphatic carbocycles. The maximum Gasteiger partial charge on any atom is 0.336 e. The standard InChI is InChI=1S/C24H19NO6/c26-15-19-9-5-11-23(31-16-17-6-2-1-3-7-17)21(19)10-4-8-18-14-20(25(29)30)12-13-22(18)24(27)28/h1-9,11-15H,10,16H2,(H,27,28)/b8-4-. The number of carboxylic acid groups (broad SMARTS) is 1. The zero-order chi connectivity index (χ0) is 22.2. The second kappa shape index (κ2) is 9.98. The first kappa shape index (κ1) is 21.4. The van der Waals surface area contributed by atoms with Crippen molar-refractivity contribution < 1.29 is 24.4 Å². The van der Waals surface area contributed by atoms with Gasteiger partial charge in [-0.15, -0.1) is 0 Å². The molecule has 0 amide bonds. The van der Waals surface area contributed by atoms with Crippen LogP contribution in [0.4, 0.5) is 5.69 Å². The number of nitrogens with zero attached hydrogens (tertiary/aromatic N) is 1. The topological polar surface area (TPSA) is 107 Å². The summed E-state index contributed by atoms with van der Waals surface area (Å²) in [6, 6.07) is 18.3. The molecule has 7 nitrogen and oxygen atoms in total. The normalized spacial score (nSPS) is 10.7. The number of hydrogen-bond acceptors (Lipinski definition) is 5. The molecule has 0 aliphatic heterocycles. The van der Waals surface area contributed by atoms with Crippen LogP contribution in [-0.2, 0) is 13.0 Å². The molecule has 0 fully saturated rings. The molecule has 0 spiro atoms. The van der Waals surface area contributed by atoms with E-state index in [-0.39, 0.29) is 23.2 Å². The molecule has 3 aromatic carbocycles. The van der Waals surface area contributed by atoms with Crippen LogP contribution in [-0.4, -0.2) is 22.3 Å². The van der Waals surface area contributed by atoms with Gasteiger partial charge in [0.15, 0.2) is 0 Å². The van der Waals surface area contributed by atoms with Gasteiger partial charge in [-0.3, -0.25) is 14.9 Å². The Morgan fingerprint density at radius 2 is 1.81 bits per heavy atom. The van der Waals surface area contributed by atoms with Gasteiger partial charge in [-0.2, -0.15) is 0 Å². The van der Waals surface area contributed by atoms with Gasteiger partial charge < -0.3 is 9.84 Å². The van der Waals surface area contributed by atoms with Gasteiger partial charge >= 0.3 is 5.97 Å². The van der Waals surface area contributed by atoms with Crippen molar-refractivity contribution in [2.75, 3.05) is 0 Å². The van der Waals surface area contributed by atoms with Gasteiger partial charge in [-0.25, -0.2) is 4.79 Å². The highest BCUT2D eigenvalue weighted by molar-refractivity contribution is 5.92. The molecule has 7 heteroatoms. The van der Waals surface area contributed by atoms with Crippen LogP contribution in [0.25, 0.3) is 6.08 Å². The molecular formula is C24H19NO6. The largest absolute Gasteiger partial charge is 0.489 e. The summed E-state index contributed by atoms with van der Waals surface area (Å²) in [6.45, 7) is 0.327. The first-order valence-electron chi connectivity index (χ1n) is 9.41. The first-order chi connectivity index (χ1) is 15.0. The number of carbonyl (C=O) groups is 2. The van der Waals surface area contributed by atoms with Crippen LogP contribution in [0.3, 0.4) is 0 Å². The SMILES string of the molecule is O=Cc1cccc(OCc2ccccc2)c1C/C=C\c1cc([N+](=O)[O-])ccc1C(=O)O. The van der Waals surface area contributed by atoms with Gasteiger partial charge in [0.1, 0.15) is 18.6 Å². The van der Waals surface area contributed by atoms with Crippen molar-refractivity contribution in [3.05, 3.63) is 111 Å². The Morgan fingerprint density at radius 1 is 1.03 bits per heavy atom.